The summed E-state index contributed by atoms with van der Waals surface area (Å²) in [6.07, 6.45) is 0. The van der Waals surface area contributed by atoms with Crippen LogP contribution < -0.4 is 0 Å². The van der Waals surface area contributed by atoms with Crippen molar-refractivity contribution >= 4 is 33.3 Å². The van der Waals surface area contributed by atoms with Gasteiger partial charge >= 0.3 is 0 Å². The summed E-state index contributed by atoms with van der Waals surface area (Å²) in [4.78, 5) is 11.2. The molecule has 0 radical (unpaired) electrons. The van der Waals surface area contributed by atoms with Gasteiger partial charge in [0.2, 0.25) is 0 Å². The molecule has 0 saturated carbocycles. The number of carbonyl (C=O) groups is 1. The van der Waals surface area contributed by atoms with Crippen LogP contribution in [-0.2, 0) is 0 Å². The second-order valence-electron chi connectivity index (χ2n) is 2.59. The summed E-state index contributed by atoms with van der Waals surface area (Å²) in [5.74, 6) is -0.788. The number of ketones is 1. The molecular formula is C9H7BrClFO. The number of benzene rings is 1. The third-order valence-electron chi connectivity index (χ3n) is 1.76. The molecule has 1 aromatic rings. The molecule has 0 fully saturated rings. The molecule has 1 rings (SSSR count). The molecule has 0 aliphatic carbocycles. The van der Waals surface area contributed by atoms with Crippen molar-refractivity contribution in [2.24, 2.45) is 0 Å². The molecule has 0 heterocycles. The largest absolute Gasteiger partial charge is 0.293 e. The van der Waals surface area contributed by atoms with Crippen molar-refractivity contribution in [3.8, 4) is 0 Å². The van der Waals surface area contributed by atoms with E-state index in [1.54, 1.807) is 13.0 Å². The van der Waals surface area contributed by atoms with Gasteiger partial charge in [0.25, 0.3) is 0 Å². The molecule has 0 aliphatic heterocycles. The van der Waals surface area contributed by atoms with Gasteiger partial charge in [-0.3, -0.25) is 4.79 Å². The summed E-state index contributed by atoms with van der Waals surface area (Å²) in [5.41, 5.74) is 0.677. The van der Waals surface area contributed by atoms with Gasteiger partial charge in [0.15, 0.2) is 5.78 Å². The van der Waals surface area contributed by atoms with Gasteiger partial charge in [-0.1, -0.05) is 0 Å². The van der Waals surface area contributed by atoms with Crippen LogP contribution in [0.4, 0.5) is 4.39 Å². The predicted octanol–water partition coefficient (Wildman–Crippen LogP) is 3.32. The van der Waals surface area contributed by atoms with E-state index in [0.717, 1.165) is 0 Å². The number of hydrogen-bond acceptors (Lipinski definition) is 1. The Morgan fingerprint density at radius 3 is 2.77 bits per heavy atom. The van der Waals surface area contributed by atoms with E-state index in [-0.39, 0.29) is 11.7 Å². The van der Waals surface area contributed by atoms with Gasteiger partial charge in [0.1, 0.15) is 5.82 Å². The maximum atomic E-state index is 13.2. The molecular weight excluding hydrogens is 258 g/mol. The zero-order valence-corrected chi connectivity index (χ0v) is 9.25. The number of carbonyl (C=O) groups excluding carboxylic acids is 1. The first-order valence-corrected chi connectivity index (χ1v) is 4.94. The Bertz CT molecular complexity index is 352. The van der Waals surface area contributed by atoms with E-state index in [4.69, 9.17) is 11.6 Å². The van der Waals surface area contributed by atoms with E-state index >= 15 is 0 Å². The fraction of sp³-hybridized carbons (Fsp3) is 0.222. The fourth-order valence-corrected chi connectivity index (χ4v) is 1.60. The van der Waals surface area contributed by atoms with Crippen LogP contribution in [0.25, 0.3) is 0 Å². The lowest BCUT2D eigenvalue weighted by Gasteiger charge is -2.04. The average Bonchev–Trinajstić information content (AvgIpc) is 2.13. The Morgan fingerprint density at radius 2 is 2.23 bits per heavy atom. The Hall–Kier alpha value is -0.410. The second-order valence-corrected chi connectivity index (χ2v) is 3.71. The highest BCUT2D eigenvalue weighted by molar-refractivity contribution is 9.10. The highest BCUT2D eigenvalue weighted by Crippen LogP contribution is 2.22. The van der Waals surface area contributed by atoms with Crippen molar-refractivity contribution in [1.29, 1.82) is 0 Å². The number of hydrogen-bond donors (Lipinski definition) is 0. The average molecular weight is 266 g/mol. The van der Waals surface area contributed by atoms with Gasteiger partial charge in [0.05, 0.1) is 10.4 Å². The van der Waals surface area contributed by atoms with Gasteiger partial charge in [-0.25, -0.2) is 4.39 Å². The Morgan fingerprint density at radius 1 is 1.62 bits per heavy atom. The standard InChI is InChI=1S/C9H7BrClFO/c1-5-6(8(13)4-11)2-3-7(10)9(5)12/h2-3H,4H2,1H3. The lowest BCUT2D eigenvalue weighted by molar-refractivity contribution is 0.102. The predicted molar refractivity (Wildman–Crippen MR) is 53.9 cm³/mol. The van der Waals surface area contributed by atoms with Crippen LogP contribution in [0.15, 0.2) is 16.6 Å². The lowest BCUT2D eigenvalue weighted by atomic mass is 10.1. The molecule has 1 nitrogen and oxygen atoms in total. The van der Waals surface area contributed by atoms with E-state index in [1.165, 1.54) is 6.07 Å². The summed E-state index contributed by atoms with van der Waals surface area (Å²) in [7, 11) is 0. The first-order valence-electron chi connectivity index (χ1n) is 3.61. The molecule has 0 spiro atoms. The minimum absolute atomic E-state index is 0.123. The topological polar surface area (TPSA) is 17.1 Å². The van der Waals surface area contributed by atoms with Crippen LogP contribution in [0.2, 0.25) is 0 Å². The van der Waals surface area contributed by atoms with Crippen LogP contribution >= 0.6 is 27.5 Å². The summed E-state index contributed by atoms with van der Waals surface area (Å²) in [6.45, 7) is 1.56. The van der Waals surface area contributed by atoms with E-state index in [1.807, 2.05) is 0 Å². The molecule has 1 aromatic carbocycles. The van der Waals surface area contributed by atoms with Crippen LogP contribution in [-0.4, -0.2) is 11.7 Å². The summed E-state index contributed by atoms with van der Waals surface area (Å²) >= 11 is 8.40. The number of rotatable bonds is 2. The molecule has 4 heteroatoms. The molecule has 13 heavy (non-hydrogen) atoms. The first kappa shape index (κ1) is 10.7. The zero-order valence-electron chi connectivity index (χ0n) is 6.90. The van der Waals surface area contributed by atoms with Crippen LogP contribution in [0.5, 0.6) is 0 Å². The SMILES string of the molecule is Cc1c(C(=O)CCl)ccc(Br)c1F. The second kappa shape index (κ2) is 4.20. The maximum absolute atomic E-state index is 13.2. The van der Waals surface area contributed by atoms with Gasteiger partial charge < -0.3 is 0 Å². The highest BCUT2D eigenvalue weighted by atomic mass is 79.9. The molecule has 0 unspecified atom stereocenters. The third-order valence-corrected chi connectivity index (χ3v) is 2.62. The Kier molecular flexibility index (Phi) is 3.45. The first-order chi connectivity index (χ1) is 6.07. The lowest BCUT2D eigenvalue weighted by Crippen LogP contribution is -2.04. The van der Waals surface area contributed by atoms with Gasteiger partial charge in [0, 0.05) is 5.56 Å². The minimum atomic E-state index is -0.407. The zero-order chi connectivity index (χ0) is 10.0. The number of halogens is 3. The van der Waals surface area contributed by atoms with Crippen molar-refractivity contribution in [2.75, 3.05) is 5.88 Å². The van der Waals surface area contributed by atoms with E-state index in [2.05, 4.69) is 15.9 Å². The molecule has 0 bridgehead atoms. The molecule has 0 aliphatic rings. The Labute approximate surface area is 89.0 Å². The smallest absolute Gasteiger partial charge is 0.177 e. The number of alkyl halides is 1. The van der Waals surface area contributed by atoms with Crippen LogP contribution in [0, 0.1) is 12.7 Å². The van der Waals surface area contributed by atoms with Crippen molar-refractivity contribution < 1.29 is 9.18 Å². The fourth-order valence-electron chi connectivity index (χ4n) is 1.03. The molecule has 0 atom stereocenters. The van der Waals surface area contributed by atoms with E-state index < -0.39 is 5.82 Å². The number of Topliss-reactive ketones (excluding diaryl/α,β-unsaturated/α-hetero) is 1. The normalized spacial score (nSPS) is 10.2. The summed E-state index contributed by atoms with van der Waals surface area (Å²) in [6, 6.07) is 3.06. The van der Waals surface area contributed by atoms with E-state index in [9.17, 15) is 9.18 Å². The van der Waals surface area contributed by atoms with E-state index in [0.29, 0.717) is 15.6 Å². The summed E-state index contributed by atoms with van der Waals surface area (Å²) < 4.78 is 13.6. The molecule has 70 valence electrons. The van der Waals surface area contributed by atoms with Gasteiger partial charge in [-0.05, 0) is 40.5 Å². The molecule has 0 amide bonds. The highest BCUT2D eigenvalue weighted by Gasteiger charge is 2.12. The molecule has 0 N–H and O–H groups in total. The molecule has 0 saturated heterocycles. The summed E-state index contributed by atoms with van der Waals surface area (Å²) in [5, 5.41) is 0. The van der Waals surface area contributed by atoms with Gasteiger partial charge in [-0.15, -0.1) is 11.6 Å². The monoisotopic (exact) mass is 264 g/mol. The van der Waals surface area contributed by atoms with Crippen LogP contribution in [0.1, 0.15) is 15.9 Å². The van der Waals surface area contributed by atoms with Crippen LogP contribution in [0.3, 0.4) is 0 Å². The Balaban J connectivity index is 3.26. The molecule has 0 aromatic heterocycles. The maximum Gasteiger partial charge on any atom is 0.177 e. The van der Waals surface area contributed by atoms with Crippen molar-refractivity contribution in [3.63, 3.8) is 0 Å². The minimum Gasteiger partial charge on any atom is -0.293 e. The third kappa shape index (κ3) is 2.09. The van der Waals surface area contributed by atoms with Crippen molar-refractivity contribution in [1.82, 2.24) is 0 Å². The van der Waals surface area contributed by atoms with Gasteiger partial charge in [-0.2, -0.15) is 0 Å². The quantitative estimate of drug-likeness (QED) is 0.592. The van der Waals surface area contributed by atoms with Crippen molar-refractivity contribution in [2.45, 2.75) is 6.92 Å². The van der Waals surface area contributed by atoms with Crippen molar-refractivity contribution in [3.05, 3.63) is 33.5 Å².